The molecule has 0 N–H and O–H groups in total. The molecule has 7 nitrogen and oxygen atoms in total. The van der Waals surface area contributed by atoms with E-state index in [9.17, 15) is 4.79 Å². The van der Waals surface area contributed by atoms with Gasteiger partial charge < -0.3 is 19.1 Å². The molecule has 3 heterocycles. The van der Waals surface area contributed by atoms with Gasteiger partial charge in [0.1, 0.15) is 17.1 Å². The largest absolute Gasteiger partial charge is 0.496 e. The van der Waals surface area contributed by atoms with Crippen molar-refractivity contribution < 1.29 is 19.0 Å². The fourth-order valence-corrected chi connectivity index (χ4v) is 5.44. The Bertz CT molecular complexity index is 1270. The topological polar surface area (TPSA) is 65.8 Å². The third-order valence-corrected chi connectivity index (χ3v) is 7.40. The van der Waals surface area contributed by atoms with Crippen LogP contribution in [-0.2, 0) is 22.3 Å². The van der Waals surface area contributed by atoms with Gasteiger partial charge in [0.15, 0.2) is 0 Å². The second-order valence-corrected chi connectivity index (χ2v) is 10.7. The van der Waals surface area contributed by atoms with Crippen molar-refractivity contribution in [3.63, 3.8) is 0 Å². The number of nitrogens with zero attached hydrogens (tertiary/aromatic N) is 3. The SMILES string of the molecule is COCCn1ncc2c1-c1ccccc1OC21CCN(C(=O)c2ccc(C(C)(C)C)c(OC)c2)CC1. The lowest BCUT2D eigenvalue weighted by atomic mass is 9.80. The molecule has 2 aliphatic heterocycles. The van der Waals surface area contributed by atoms with Crippen LogP contribution in [0.25, 0.3) is 11.3 Å². The molecular formula is C29H35N3O4. The van der Waals surface area contributed by atoms with Gasteiger partial charge in [-0.2, -0.15) is 5.10 Å². The highest BCUT2D eigenvalue weighted by Crippen LogP contribution is 2.49. The van der Waals surface area contributed by atoms with Gasteiger partial charge in [-0.25, -0.2) is 0 Å². The Hall–Kier alpha value is -3.32. The lowest BCUT2D eigenvalue weighted by Gasteiger charge is -2.44. The van der Waals surface area contributed by atoms with E-state index in [1.165, 1.54) is 0 Å². The van der Waals surface area contributed by atoms with Gasteiger partial charge in [-0.15, -0.1) is 0 Å². The van der Waals surface area contributed by atoms with Crippen molar-refractivity contribution in [1.29, 1.82) is 0 Å². The van der Waals surface area contributed by atoms with Crippen molar-refractivity contribution in [2.75, 3.05) is 33.9 Å². The van der Waals surface area contributed by atoms with Gasteiger partial charge in [0, 0.05) is 49.7 Å². The molecule has 1 fully saturated rings. The third kappa shape index (κ3) is 4.15. The fourth-order valence-electron chi connectivity index (χ4n) is 5.44. The number of aromatic nitrogens is 2. The van der Waals surface area contributed by atoms with Crippen LogP contribution in [0.3, 0.4) is 0 Å². The van der Waals surface area contributed by atoms with Gasteiger partial charge in [-0.05, 0) is 35.2 Å². The van der Waals surface area contributed by atoms with Crippen LogP contribution >= 0.6 is 0 Å². The number of rotatable bonds is 5. The maximum atomic E-state index is 13.5. The van der Waals surface area contributed by atoms with Crippen LogP contribution in [0.4, 0.5) is 0 Å². The first-order valence-corrected chi connectivity index (χ1v) is 12.6. The lowest BCUT2D eigenvalue weighted by molar-refractivity contribution is -0.00179. The first-order chi connectivity index (χ1) is 17.3. The quantitative estimate of drug-likeness (QED) is 0.503. The second kappa shape index (κ2) is 9.28. The summed E-state index contributed by atoms with van der Waals surface area (Å²) in [5.41, 5.74) is 4.42. The van der Waals surface area contributed by atoms with Crippen LogP contribution in [0.15, 0.2) is 48.7 Å². The predicted molar refractivity (Wildman–Crippen MR) is 139 cm³/mol. The zero-order chi connectivity index (χ0) is 25.5. The molecule has 5 rings (SSSR count). The Labute approximate surface area is 213 Å². The Morgan fingerprint density at radius 3 is 2.56 bits per heavy atom. The first kappa shape index (κ1) is 24.4. The minimum absolute atomic E-state index is 0.0239. The number of amides is 1. The molecule has 0 radical (unpaired) electrons. The normalized spacial score (nSPS) is 16.3. The van der Waals surface area contributed by atoms with E-state index in [2.05, 4.69) is 26.8 Å². The Morgan fingerprint density at radius 2 is 1.86 bits per heavy atom. The molecule has 2 aliphatic rings. The minimum Gasteiger partial charge on any atom is -0.496 e. The summed E-state index contributed by atoms with van der Waals surface area (Å²) in [6.07, 6.45) is 3.34. The number of piperidine rings is 1. The molecule has 7 heteroatoms. The molecule has 1 saturated heterocycles. The summed E-state index contributed by atoms with van der Waals surface area (Å²) in [5, 5.41) is 4.69. The number of methoxy groups -OCH3 is 2. The molecule has 1 spiro atoms. The fraction of sp³-hybridized carbons (Fsp3) is 0.448. The van der Waals surface area contributed by atoms with Gasteiger partial charge in [0.05, 0.1) is 32.2 Å². The molecule has 0 aliphatic carbocycles. The number of benzene rings is 2. The summed E-state index contributed by atoms with van der Waals surface area (Å²) in [6.45, 7) is 8.90. The number of carbonyl (C=O) groups is 1. The molecule has 0 unspecified atom stereocenters. The maximum absolute atomic E-state index is 13.5. The highest BCUT2D eigenvalue weighted by Gasteiger charge is 2.46. The molecule has 1 aromatic heterocycles. The van der Waals surface area contributed by atoms with Gasteiger partial charge in [0.2, 0.25) is 0 Å². The molecule has 2 aromatic carbocycles. The van der Waals surface area contributed by atoms with Crippen molar-refractivity contribution in [2.24, 2.45) is 0 Å². The maximum Gasteiger partial charge on any atom is 0.253 e. The Balaban J connectivity index is 1.40. The molecule has 190 valence electrons. The van der Waals surface area contributed by atoms with Crippen LogP contribution < -0.4 is 9.47 Å². The molecule has 3 aromatic rings. The van der Waals surface area contributed by atoms with E-state index in [1.54, 1.807) is 14.2 Å². The average Bonchev–Trinajstić information content (AvgIpc) is 3.32. The minimum atomic E-state index is -0.500. The van der Waals surface area contributed by atoms with E-state index in [0.29, 0.717) is 44.6 Å². The summed E-state index contributed by atoms with van der Waals surface area (Å²) < 4.78 is 19.6. The van der Waals surface area contributed by atoms with Crippen molar-refractivity contribution in [2.45, 2.75) is 51.2 Å². The monoisotopic (exact) mass is 489 g/mol. The number of likely N-dealkylation sites (tertiary alicyclic amines) is 1. The number of hydrogen-bond acceptors (Lipinski definition) is 5. The predicted octanol–water partition coefficient (Wildman–Crippen LogP) is 5.03. The second-order valence-electron chi connectivity index (χ2n) is 10.7. The highest BCUT2D eigenvalue weighted by atomic mass is 16.5. The van der Waals surface area contributed by atoms with Gasteiger partial charge in [0.25, 0.3) is 5.91 Å². The summed E-state index contributed by atoms with van der Waals surface area (Å²) in [5.74, 6) is 1.64. The van der Waals surface area contributed by atoms with E-state index in [1.807, 2.05) is 52.2 Å². The summed E-state index contributed by atoms with van der Waals surface area (Å²) in [6, 6.07) is 13.9. The summed E-state index contributed by atoms with van der Waals surface area (Å²) in [7, 11) is 3.36. The van der Waals surface area contributed by atoms with E-state index < -0.39 is 5.60 Å². The molecule has 0 saturated carbocycles. The summed E-state index contributed by atoms with van der Waals surface area (Å²) in [4.78, 5) is 15.4. The summed E-state index contributed by atoms with van der Waals surface area (Å²) >= 11 is 0. The molecule has 0 atom stereocenters. The average molecular weight is 490 g/mol. The van der Waals surface area contributed by atoms with E-state index >= 15 is 0 Å². The van der Waals surface area contributed by atoms with E-state index in [0.717, 1.165) is 33.9 Å². The van der Waals surface area contributed by atoms with Gasteiger partial charge in [-0.1, -0.05) is 39.0 Å². The first-order valence-electron chi connectivity index (χ1n) is 12.6. The van der Waals surface area contributed by atoms with Crippen LogP contribution in [-0.4, -0.2) is 54.5 Å². The zero-order valence-corrected chi connectivity index (χ0v) is 21.8. The van der Waals surface area contributed by atoms with E-state index in [-0.39, 0.29) is 11.3 Å². The van der Waals surface area contributed by atoms with Crippen LogP contribution in [0, 0.1) is 0 Å². The number of fused-ring (bicyclic) bond motifs is 4. The van der Waals surface area contributed by atoms with Gasteiger partial charge in [-0.3, -0.25) is 9.48 Å². The van der Waals surface area contributed by atoms with Crippen LogP contribution in [0.2, 0.25) is 0 Å². The molecule has 0 bridgehead atoms. The molecule has 36 heavy (non-hydrogen) atoms. The van der Waals surface area contributed by atoms with Crippen molar-refractivity contribution in [3.05, 3.63) is 65.4 Å². The van der Waals surface area contributed by atoms with E-state index in [4.69, 9.17) is 19.3 Å². The number of ether oxygens (including phenoxy) is 3. The Morgan fingerprint density at radius 1 is 1.11 bits per heavy atom. The standard InChI is InChI=1S/C29H35N3O4/c1-28(2,3)22-11-10-20(18-25(22)35-5)27(33)31-14-12-29(13-15-31)23-19-30-32(16-17-34-4)26(23)21-8-6-7-9-24(21)36-29/h6-11,18-19H,12-17H2,1-5H3. The van der Waals surface area contributed by atoms with Crippen LogP contribution in [0.5, 0.6) is 11.5 Å². The highest BCUT2D eigenvalue weighted by molar-refractivity contribution is 5.95. The number of hydrogen-bond donors (Lipinski definition) is 0. The third-order valence-electron chi connectivity index (χ3n) is 7.40. The smallest absolute Gasteiger partial charge is 0.253 e. The number of para-hydroxylation sites is 1. The Kier molecular flexibility index (Phi) is 6.29. The number of carbonyl (C=O) groups excluding carboxylic acids is 1. The lowest BCUT2D eigenvalue weighted by Crippen LogP contribution is -2.49. The van der Waals surface area contributed by atoms with Crippen molar-refractivity contribution >= 4 is 5.91 Å². The van der Waals surface area contributed by atoms with Crippen molar-refractivity contribution in [1.82, 2.24) is 14.7 Å². The van der Waals surface area contributed by atoms with Crippen molar-refractivity contribution in [3.8, 4) is 22.8 Å². The molecule has 1 amide bonds. The van der Waals surface area contributed by atoms with Gasteiger partial charge >= 0.3 is 0 Å². The zero-order valence-electron chi connectivity index (χ0n) is 21.8. The van der Waals surface area contributed by atoms with Crippen LogP contribution in [0.1, 0.15) is 55.1 Å². The molecular weight excluding hydrogens is 454 g/mol.